The van der Waals surface area contributed by atoms with Gasteiger partial charge in [-0.2, -0.15) is 0 Å². The molecule has 1 saturated heterocycles. The lowest BCUT2D eigenvalue weighted by molar-refractivity contribution is 0.0494. The van der Waals surface area contributed by atoms with Crippen molar-refractivity contribution in [2.45, 2.75) is 45.1 Å². The van der Waals surface area contributed by atoms with Crippen molar-refractivity contribution in [2.24, 2.45) is 0 Å². The van der Waals surface area contributed by atoms with Crippen molar-refractivity contribution in [1.29, 1.82) is 0 Å². The molecule has 1 aromatic carbocycles. The predicted molar refractivity (Wildman–Crippen MR) is 77.9 cm³/mol. The van der Waals surface area contributed by atoms with E-state index in [9.17, 15) is 9.90 Å². The predicted octanol–water partition coefficient (Wildman–Crippen LogP) is 3.16. The van der Waals surface area contributed by atoms with Crippen LogP contribution in [0.3, 0.4) is 0 Å². The molecule has 4 nitrogen and oxygen atoms in total. The fraction of sp³-hybridized carbons (Fsp3) is 0.562. The Morgan fingerprint density at radius 3 is 3.00 bits per heavy atom. The Balaban J connectivity index is 2.19. The molecule has 20 heavy (non-hydrogen) atoms. The van der Waals surface area contributed by atoms with Crippen molar-refractivity contribution >= 4 is 5.97 Å². The largest absolute Gasteiger partial charge is 0.507 e. The minimum Gasteiger partial charge on any atom is -0.507 e. The van der Waals surface area contributed by atoms with E-state index >= 15 is 0 Å². The first-order chi connectivity index (χ1) is 9.74. The second kappa shape index (κ2) is 7.29. The number of phenolic OH excluding ortho intramolecular Hbond substituents is 1. The standard InChI is InChI=1S/C16H23NO3/c1-2-3-11-20-16(19)15-12(7-6-9-14(15)18)13-8-4-5-10-17-13/h6-7,9,13,17-18H,2-5,8,10-11H2,1H3. The highest BCUT2D eigenvalue weighted by Crippen LogP contribution is 2.31. The molecule has 1 aromatic rings. The van der Waals surface area contributed by atoms with Gasteiger partial charge in [0.05, 0.1) is 6.61 Å². The van der Waals surface area contributed by atoms with Crippen LogP contribution in [0.4, 0.5) is 0 Å². The van der Waals surface area contributed by atoms with E-state index in [4.69, 9.17) is 4.74 Å². The molecular formula is C16H23NO3. The summed E-state index contributed by atoms with van der Waals surface area (Å²) in [6.07, 6.45) is 5.10. The van der Waals surface area contributed by atoms with E-state index in [-0.39, 0.29) is 11.8 Å². The topological polar surface area (TPSA) is 58.6 Å². The van der Waals surface area contributed by atoms with Crippen LogP contribution in [0.15, 0.2) is 18.2 Å². The van der Waals surface area contributed by atoms with Gasteiger partial charge in [0.15, 0.2) is 0 Å². The molecule has 1 atom stereocenters. The number of carbonyl (C=O) groups excluding carboxylic acids is 1. The molecule has 2 rings (SSSR count). The molecule has 0 amide bonds. The summed E-state index contributed by atoms with van der Waals surface area (Å²) in [7, 11) is 0. The average Bonchev–Trinajstić information content (AvgIpc) is 2.48. The van der Waals surface area contributed by atoms with E-state index in [2.05, 4.69) is 5.32 Å². The van der Waals surface area contributed by atoms with E-state index < -0.39 is 5.97 Å². The third kappa shape index (κ3) is 3.51. The van der Waals surface area contributed by atoms with Crippen LogP contribution in [0, 0.1) is 0 Å². The SMILES string of the molecule is CCCCOC(=O)c1c(O)cccc1C1CCCCN1. The Kier molecular flexibility index (Phi) is 5.41. The summed E-state index contributed by atoms with van der Waals surface area (Å²) in [5, 5.41) is 13.4. The minimum absolute atomic E-state index is 0.0105. The Morgan fingerprint density at radius 1 is 1.45 bits per heavy atom. The van der Waals surface area contributed by atoms with E-state index in [0.717, 1.165) is 44.2 Å². The average molecular weight is 277 g/mol. The van der Waals surface area contributed by atoms with Gasteiger partial charge in [-0.3, -0.25) is 0 Å². The summed E-state index contributed by atoms with van der Waals surface area (Å²) in [5.41, 5.74) is 1.18. The van der Waals surface area contributed by atoms with Crippen LogP contribution in [0.1, 0.15) is 61.0 Å². The summed E-state index contributed by atoms with van der Waals surface area (Å²) in [5.74, 6) is -0.407. The molecule has 1 aliphatic heterocycles. The molecule has 0 radical (unpaired) electrons. The van der Waals surface area contributed by atoms with Gasteiger partial charge < -0.3 is 15.2 Å². The second-order valence-electron chi connectivity index (χ2n) is 5.23. The number of unbranched alkanes of at least 4 members (excludes halogenated alkanes) is 1. The van der Waals surface area contributed by atoms with Gasteiger partial charge in [0.2, 0.25) is 0 Å². The first-order valence-corrected chi connectivity index (χ1v) is 7.46. The van der Waals surface area contributed by atoms with Crippen LogP contribution in [0.25, 0.3) is 0 Å². The van der Waals surface area contributed by atoms with E-state index in [1.807, 2.05) is 13.0 Å². The summed E-state index contributed by atoms with van der Waals surface area (Å²) >= 11 is 0. The number of aromatic hydroxyl groups is 1. The fourth-order valence-electron chi connectivity index (χ4n) is 2.57. The van der Waals surface area contributed by atoms with Gasteiger partial charge in [-0.15, -0.1) is 0 Å². The number of esters is 1. The fourth-order valence-corrected chi connectivity index (χ4v) is 2.57. The van der Waals surface area contributed by atoms with Crippen molar-refractivity contribution in [3.8, 4) is 5.75 Å². The van der Waals surface area contributed by atoms with Gasteiger partial charge in [0.25, 0.3) is 0 Å². The summed E-state index contributed by atoms with van der Waals surface area (Å²) in [6, 6.07) is 5.36. The number of phenols is 1. The van der Waals surface area contributed by atoms with Crippen molar-refractivity contribution < 1.29 is 14.6 Å². The van der Waals surface area contributed by atoms with Crippen LogP contribution in [0.5, 0.6) is 5.75 Å². The highest BCUT2D eigenvalue weighted by molar-refractivity contribution is 5.94. The van der Waals surface area contributed by atoms with Crippen molar-refractivity contribution in [2.75, 3.05) is 13.2 Å². The Hall–Kier alpha value is -1.55. The molecule has 0 aliphatic carbocycles. The van der Waals surface area contributed by atoms with Gasteiger partial charge in [-0.1, -0.05) is 31.9 Å². The maximum atomic E-state index is 12.2. The number of carbonyl (C=O) groups is 1. The first-order valence-electron chi connectivity index (χ1n) is 7.46. The zero-order valence-corrected chi connectivity index (χ0v) is 12.0. The number of benzene rings is 1. The zero-order valence-electron chi connectivity index (χ0n) is 12.0. The number of hydrogen-bond donors (Lipinski definition) is 2. The van der Waals surface area contributed by atoms with Crippen LogP contribution >= 0.6 is 0 Å². The Bertz CT molecular complexity index is 453. The van der Waals surface area contributed by atoms with Gasteiger partial charge in [0.1, 0.15) is 11.3 Å². The van der Waals surface area contributed by atoms with Crippen molar-refractivity contribution in [1.82, 2.24) is 5.32 Å². The van der Waals surface area contributed by atoms with Crippen LogP contribution in [-0.4, -0.2) is 24.2 Å². The third-order valence-electron chi connectivity index (χ3n) is 3.70. The van der Waals surface area contributed by atoms with Gasteiger partial charge in [-0.25, -0.2) is 4.79 Å². The number of nitrogens with one attached hydrogen (secondary N) is 1. The lowest BCUT2D eigenvalue weighted by Crippen LogP contribution is -2.28. The molecule has 1 unspecified atom stereocenters. The quantitative estimate of drug-likeness (QED) is 0.641. The zero-order chi connectivity index (χ0) is 14.4. The molecule has 0 spiro atoms. The van der Waals surface area contributed by atoms with Gasteiger partial charge >= 0.3 is 5.97 Å². The van der Waals surface area contributed by atoms with E-state index in [0.29, 0.717) is 12.2 Å². The molecule has 0 bridgehead atoms. The molecule has 110 valence electrons. The van der Waals surface area contributed by atoms with Crippen LogP contribution in [-0.2, 0) is 4.74 Å². The molecule has 0 saturated carbocycles. The molecule has 0 aromatic heterocycles. The smallest absolute Gasteiger partial charge is 0.342 e. The van der Waals surface area contributed by atoms with Crippen molar-refractivity contribution in [3.05, 3.63) is 29.3 Å². The van der Waals surface area contributed by atoms with Gasteiger partial charge in [0, 0.05) is 6.04 Å². The van der Waals surface area contributed by atoms with Gasteiger partial charge in [-0.05, 0) is 37.4 Å². The summed E-state index contributed by atoms with van der Waals surface area (Å²) in [6.45, 7) is 3.40. The van der Waals surface area contributed by atoms with E-state index in [1.54, 1.807) is 12.1 Å². The van der Waals surface area contributed by atoms with Crippen LogP contribution < -0.4 is 5.32 Å². The number of rotatable bonds is 5. The molecule has 4 heteroatoms. The molecule has 1 heterocycles. The van der Waals surface area contributed by atoms with E-state index in [1.165, 1.54) is 0 Å². The highest BCUT2D eigenvalue weighted by Gasteiger charge is 2.24. The molecule has 1 fully saturated rings. The van der Waals surface area contributed by atoms with Crippen LogP contribution in [0.2, 0.25) is 0 Å². The number of hydrogen-bond acceptors (Lipinski definition) is 4. The number of ether oxygens (including phenoxy) is 1. The summed E-state index contributed by atoms with van der Waals surface area (Å²) in [4.78, 5) is 12.2. The Labute approximate surface area is 120 Å². The lowest BCUT2D eigenvalue weighted by atomic mass is 9.93. The number of piperidine rings is 1. The van der Waals surface area contributed by atoms with Crippen molar-refractivity contribution in [3.63, 3.8) is 0 Å². The Morgan fingerprint density at radius 2 is 2.30 bits per heavy atom. The third-order valence-corrected chi connectivity index (χ3v) is 3.70. The normalized spacial score (nSPS) is 18.8. The highest BCUT2D eigenvalue weighted by atomic mass is 16.5. The first kappa shape index (κ1) is 14.9. The maximum Gasteiger partial charge on any atom is 0.342 e. The second-order valence-corrected chi connectivity index (χ2v) is 5.23. The molecule has 2 N–H and O–H groups in total. The molecule has 1 aliphatic rings. The lowest BCUT2D eigenvalue weighted by Gasteiger charge is -2.25. The monoisotopic (exact) mass is 277 g/mol. The summed E-state index contributed by atoms with van der Waals surface area (Å²) < 4.78 is 5.25. The molecular weight excluding hydrogens is 254 g/mol. The minimum atomic E-state index is -0.418. The maximum absolute atomic E-state index is 12.2.